The predicted molar refractivity (Wildman–Crippen MR) is 93.4 cm³/mol. The molecule has 0 spiro atoms. The van der Waals surface area contributed by atoms with Gasteiger partial charge in [-0.2, -0.15) is 5.10 Å². The lowest BCUT2D eigenvalue weighted by molar-refractivity contribution is 0.0515. The van der Waals surface area contributed by atoms with Crippen LogP contribution < -0.4 is 0 Å². The minimum atomic E-state index is -0.503. The molecule has 7 heteroatoms. The Labute approximate surface area is 146 Å². The lowest BCUT2D eigenvalue weighted by Gasteiger charge is -2.33. The molecule has 130 valence electrons. The van der Waals surface area contributed by atoms with Crippen LogP contribution in [0, 0.1) is 5.92 Å². The molecule has 1 fully saturated rings. The molecule has 1 aliphatic heterocycles. The van der Waals surface area contributed by atoms with E-state index < -0.39 is 6.10 Å². The molecule has 7 nitrogen and oxygen atoms in total. The lowest BCUT2D eigenvalue weighted by Crippen LogP contribution is -2.35. The first-order valence-electron chi connectivity index (χ1n) is 8.63. The Bertz CT molecular complexity index is 777. The number of aromatic amines is 2. The van der Waals surface area contributed by atoms with Gasteiger partial charge in [0.05, 0.1) is 11.9 Å². The van der Waals surface area contributed by atoms with Gasteiger partial charge in [-0.15, -0.1) is 0 Å². The maximum atomic E-state index is 10.4. The molecule has 1 saturated heterocycles. The smallest absolute Gasteiger partial charge is 0.135 e. The molecule has 0 radical (unpaired) electrons. The Morgan fingerprint density at radius 1 is 1.24 bits per heavy atom. The molecular weight excluding hydrogens is 316 g/mol. The second-order valence-corrected chi connectivity index (χ2v) is 6.54. The Balaban J connectivity index is 1.38. The van der Waals surface area contributed by atoms with Gasteiger partial charge in [0, 0.05) is 42.5 Å². The molecule has 0 aromatic carbocycles. The number of nitrogens with one attached hydrogen (secondary N) is 2. The fraction of sp³-hybridized carbons (Fsp3) is 0.389. The maximum absolute atomic E-state index is 10.4. The van der Waals surface area contributed by atoms with Crippen LogP contribution >= 0.6 is 0 Å². The van der Waals surface area contributed by atoms with Crippen molar-refractivity contribution in [3.63, 3.8) is 0 Å². The highest BCUT2D eigenvalue weighted by molar-refractivity contribution is 5.61. The Kier molecular flexibility index (Phi) is 4.58. The molecule has 25 heavy (non-hydrogen) atoms. The molecular formula is C18H22N6O. The first-order chi connectivity index (χ1) is 12.3. The van der Waals surface area contributed by atoms with Crippen molar-refractivity contribution in [2.75, 3.05) is 13.1 Å². The minimum absolute atomic E-state index is 0.254. The molecule has 0 saturated carbocycles. The van der Waals surface area contributed by atoms with E-state index in [4.69, 9.17) is 0 Å². The van der Waals surface area contributed by atoms with Gasteiger partial charge in [0.25, 0.3) is 0 Å². The third kappa shape index (κ3) is 3.47. The number of aliphatic hydroxyl groups is 1. The summed E-state index contributed by atoms with van der Waals surface area (Å²) >= 11 is 0. The van der Waals surface area contributed by atoms with Gasteiger partial charge in [0.1, 0.15) is 11.9 Å². The second kappa shape index (κ2) is 7.16. The molecule has 1 atom stereocenters. The Hall–Kier alpha value is -2.51. The van der Waals surface area contributed by atoms with Crippen LogP contribution in [0.4, 0.5) is 0 Å². The first-order valence-corrected chi connectivity index (χ1v) is 8.63. The summed E-state index contributed by atoms with van der Waals surface area (Å²) in [5.74, 6) is 0.927. The fourth-order valence-corrected chi connectivity index (χ4v) is 3.52. The first kappa shape index (κ1) is 16.0. The molecule has 3 aromatic rings. The highest BCUT2D eigenvalue weighted by Crippen LogP contribution is 2.30. The standard InChI is InChI=1S/C18H22N6O/c25-17(18-20-6-7-21-18)13-3-8-24(9-4-13)12-15-11-22-23-16(15)14-2-1-5-19-10-14/h1-2,5-7,10-11,13,17,25H,3-4,8-9,12H2,(H,20,21)(H,22,23). The van der Waals surface area contributed by atoms with Crippen molar-refractivity contribution in [3.05, 3.63) is 54.5 Å². The van der Waals surface area contributed by atoms with Gasteiger partial charge in [0.15, 0.2) is 0 Å². The summed E-state index contributed by atoms with van der Waals surface area (Å²) in [6.45, 7) is 2.77. The van der Waals surface area contributed by atoms with Crippen molar-refractivity contribution in [1.82, 2.24) is 30.0 Å². The van der Waals surface area contributed by atoms with E-state index in [-0.39, 0.29) is 5.92 Å². The fourth-order valence-electron chi connectivity index (χ4n) is 3.52. The zero-order valence-corrected chi connectivity index (χ0v) is 14.0. The summed E-state index contributed by atoms with van der Waals surface area (Å²) in [6, 6.07) is 3.97. The number of piperidine rings is 1. The quantitative estimate of drug-likeness (QED) is 0.663. The van der Waals surface area contributed by atoms with Gasteiger partial charge in [0.2, 0.25) is 0 Å². The van der Waals surface area contributed by atoms with Gasteiger partial charge < -0.3 is 10.1 Å². The van der Waals surface area contributed by atoms with Crippen molar-refractivity contribution in [1.29, 1.82) is 0 Å². The molecule has 4 rings (SSSR count). The van der Waals surface area contributed by atoms with E-state index in [1.54, 1.807) is 18.6 Å². The number of hydrogen-bond acceptors (Lipinski definition) is 5. The zero-order valence-electron chi connectivity index (χ0n) is 14.0. The molecule has 3 N–H and O–H groups in total. The van der Waals surface area contributed by atoms with Crippen LogP contribution in [0.15, 0.2) is 43.1 Å². The highest BCUT2D eigenvalue weighted by Gasteiger charge is 2.28. The van der Waals surface area contributed by atoms with Gasteiger partial charge in [-0.1, -0.05) is 0 Å². The van der Waals surface area contributed by atoms with Crippen molar-refractivity contribution in [2.24, 2.45) is 5.92 Å². The molecule has 1 aliphatic rings. The van der Waals surface area contributed by atoms with Crippen molar-refractivity contribution in [3.8, 4) is 11.3 Å². The van der Waals surface area contributed by atoms with E-state index in [1.165, 1.54) is 5.56 Å². The second-order valence-electron chi connectivity index (χ2n) is 6.54. The molecule has 0 amide bonds. The number of rotatable bonds is 5. The molecule has 1 unspecified atom stereocenters. The third-order valence-electron chi connectivity index (χ3n) is 4.94. The molecule has 0 bridgehead atoms. The number of nitrogens with zero attached hydrogens (tertiary/aromatic N) is 4. The average Bonchev–Trinajstić information content (AvgIpc) is 3.35. The van der Waals surface area contributed by atoms with Crippen molar-refractivity contribution >= 4 is 0 Å². The third-order valence-corrected chi connectivity index (χ3v) is 4.94. The van der Waals surface area contributed by atoms with Gasteiger partial charge in [-0.3, -0.25) is 15.0 Å². The number of likely N-dealkylation sites (tertiary alicyclic amines) is 1. The number of imidazole rings is 1. The lowest BCUT2D eigenvalue weighted by atomic mass is 9.90. The van der Waals surface area contributed by atoms with Crippen LogP contribution in [0.2, 0.25) is 0 Å². The summed E-state index contributed by atoms with van der Waals surface area (Å²) in [4.78, 5) is 13.8. The summed E-state index contributed by atoms with van der Waals surface area (Å²) in [5.41, 5.74) is 3.27. The van der Waals surface area contributed by atoms with E-state index in [0.717, 1.165) is 43.7 Å². The normalized spacial score (nSPS) is 17.6. The summed E-state index contributed by atoms with van der Waals surface area (Å²) in [5, 5.41) is 17.7. The monoisotopic (exact) mass is 338 g/mol. The Morgan fingerprint density at radius 3 is 2.84 bits per heavy atom. The number of aromatic nitrogens is 5. The largest absolute Gasteiger partial charge is 0.385 e. The molecule has 4 heterocycles. The van der Waals surface area contributed by atoms with E-state index in [9.17, 15) is 5.11 Å². The average molecular weight is 338 g/mol. The number of aliphatic hydroxyl groups excluding tert-OH is 1. The predicted octanol–water partition coefficient (Wildman–Crippen LogP) is 2.14. The summed E-state index contributed by atoms with van der Waals surface area (Å²) in [6.07, 6.45) is 10.4. The molecule has 0 aliphatic carbocycles. The number of H-pyrrole nitrogens is 2. The minimum Gasteiger partial charge on any atom is -0.385 e. The van der Waals surface area contributed by atoms with Crippen LogP contribution in [-0.4, -0.2) is 48.2 Å². The van der Waals surface area contributed by atoms with Crippen LogP contribution in [-0.2, 0) is 6.54 Å². The van der Waals surface area contributed by atoms with Gasteiger partial charge in [-0.25, -0.2) is 4.98 Å². The number of hydrogen-bond donors (Lipinski definition) is 3. The maximum Gasteiger partial charge on any atom is 0.135 e. The summed E-state index contributed by atoms with van der Waals surface area (Å²) < 4.78 is 0. The number of pyridine rings is 1. The SMILES string of the molecule is OC(c1ncc[nH]1)C1CCN(Cc2cn[nH]c2-c2cccnc2)CC1. The topological polar surface area (TPSA) is 93.7 Å². The molecule has 3 aromatic heterocycles. The Morgan fingerprint density at radius 2 is 2.12 bits per heavy atom. The van der Waals surface area contributed by atoms with Gasteiger partial charge in [-0.05, 0) is 44.0 Å². The van der Waals surface area contributed by atoms with Crippen LogP contribution in [0.25, 0.3) is 11.3 Å². The summed E-state index contributed by atoms with van der Waals surface area (Å²) in [7, 11) is 0. The van der Waals surface area contributed by atoms with Crippen molar-refractivity contribution in [2.45, 2.75) is 25.5 Å². The van der Waals surface area contributed by atoms with E-state index in [1.807, 2.05) is 24.5 Å². The highest BCUT2D eigenvalue weighted by atomic mass is 16.3. The van der Waals surface area contributed by atoms with E-state index >= 15 is 0 Å². The van der Waals surface area contributed by atoms with Gasteiger partial charge >= 0.3 is 0 Å². The van der Waals surface area contributed by atoms with Crippen LogP contribution in [0.1, 0.15) is 30.3 Å². The van der Waals surface area contributed by atoms with Crippen molar-refractivity contribution < 1.29 is 5.11 Å². The van der Waals surface area contributed by atoms with E-state index in [0.29, 0.717) is 5.82 Å². The van der Waals surface area contributed by atoms with Crippen LogP contribution in [0.3, 0.4) is 0 Å². The van der Waals surface area contributed by atoms with E-state index in [2.05, 4.69) is 30.0 Å². The zero-order chi connectivity index (χ0) is 17.1. The van der Waals surface area contributed by atoms with Crippen LogP contribution in [0.5, 0.6) is 0 Å².